The second-order valence-electron chi connectivity index (χ2n) is 13.0. The Bertz CT molecular complexity index is 932. The number of hydrogen-bond donors (Lipinski definition) is 7. The first-order valence-electron chi connectivity index (χ1n) is 18.4. The van der Waals surface area contributed by atoms with Crippen LogP contribution >= 0.6 is 0 Å². The van der Waals surface area contributed by atoms with Crippen molar-refractivity contribution in [2.45, 2.75) is 165 Å². The second kappa shape index (κ2) is 26.3. The summed E-state index contributed by atoms with van der Waals surface area (Å²) in [7, 11) is 0. The maximum Gasteiger partial charge on any atom is 0.305 e. The number of carbonyl (C=O) groups is 1. The van der Waals surface area contributed by atoms with Crippen LogP contribution in [0.4, 0.5) is 0 Å². The third-order valence-corrected chi connectivity index (χ3v) is 8.77. The van der Waals surface area contributed by atoms with Gasteiger partial charge >= 0.3 is 5.97 Å². The molecule has 0 spiro atoms. The van der Waals surface area contributed by atoms with Crippen molar-refractivity contribution in [3.8, 4) is 0 Å². The van der Waals surface area contributed by atoms with E-state index in [0.29, 0.717) is 6.61 Å². The molecule has 0 amide bonds. The summed E-state index contributed by atoms with van der Waals surface area (Å²) in [6.45, 7) is 3.01. The van der Waals surface area contributed by atoms with Crippen LogP contribution in [0.3, 0.4) is 0 Å². The molecule has 11 unspecified atom stereocenters. The number of allylic oxidation sites excluding steroid dienone is 4. The minimum Gasteiger partial charge on any atom is -0.457 e. The van der Waals surface area contributed by atoms with E-state index in [-0.39, 0.29) is 19.6 Å². The fourth-order valence-electron chi connectivity index (χ4n) is 5.58. The first-order chi connectivity index (χ1) is 24.1. The summed E-state index contributed by atoms with van der Waals surface area (Å²) in [4.78, 5) is 12.0. The van der Waals surface area contributed by atoms with Gasteiger partial charge in [0.05, 0.1) is 26.4 Å². The lowest BCUT2D eigenvalue weighted by atomic mass is 9.98. The van der Waals surface area contributed by atoms with E-state index in [1.54, 1.807) is 6.92 Å². The number of aliphatic hydroxyl groups excluding tert-OH is 7. The first kappa shape index (κ1) is 44.6. The van der Waals surface area contributed by atoms with Crippen LogP contribution in [-0.4, -0.2) is 142 Å². The van der Waals surface area contributed by atoms with Crippen LogP contribution in [0.2, 0.25) is 0 Å². The number of esters is 1. The van der Waals surface area contributed by atoms with Gasteiger partial charge in [-0.25, -0.2) is 0 Å². The zero-order valence-corrected chi connectivity index (χ0v) is 29.9. The van der Waals surface area contributed by atoms with Crippen LogP contribution in [0.25, 0.3) is 0 Å². The Morgan fingerprint density at radius 3 is 1.84 bits per heavy atom. The van der Waals surface area contributed by atoms with E-state index in [1.165, 1.54) is 38.5 Å². The highest BCUT2D eigenvalue weighted by molar-refractivity contribution is 5.69. The highest BCUT2D eigenvalue weighted by Gasteiger charge is 2.47. The lowest BCUT2D eigenvalue weighted by molar-refractivity contribution is -0.332. The van der Waals surface area contributed by atoms with Gasteiger partial charge in [-0.2, -0.15) is 0 Å². The van der Waals surface area contributed by atoms with Gasteiger partial charge in [-0.15, -0.1) is 0 Å². The Morgan fingerprint density at radius 2 is 1.22 bits per heavy atom. The first-order valence-corrected chi connectivity index (χ1v) is 18.4. The second-order valence-corrected chi connectivity index (χ2v) is 13.0. The van der Waals surface area contributed by atoms with E-state index in [4.69, 9.17) is 28.4 Å². The molecule has 7 N–H and O–H groups in total. The van der Waals surface area contributed by atoms with Crippen molar-refractivity contribution in [2.75, 3.05) is 33.0 Å². The summed E-state index contributed by atoms with van der Waals surface area (Å²) >= 11 is 0. The van der Waals surface area contributed by atoms with Crippen molar-refractivity contribution in [2.24, 2.45) is 0 Å². The van der Waals surface area contributed by atoms with E-state index in [1.807, 2.05) is 0 Å². The maximum absolute atomic E-state index is 12.0. The van der Waals surface area contributed by atoms with Crippen molar-refractivity contribution in [3.63, 3.8) is 0 Å². The van der Waals surface area contributed by atoms with E-state index < -0.39 is 86.7 Å². The Morgan fingerprint density at radius 1 is 0.660 bits per heavy atom. The number of unbranched alkanes of at least 4 members (excludes halogenated alkanes) is 9. The summed E-state index contributed by atoms with van der Waals surface area (Å²) in [5.74, 6) is -0.470. The lowest BCUT2D eigenvalue weighted by Gasteiger charge is -2.42. The molecular formula is C36H64O14. The van der Waals surface area contributed by atoms with Gasteiger partial charge in [0.25, 0.3) is 0 Å². The Hall–Kier alpha value is -1.53. The average molecular weight is 721 g/mol. The van der Waals surface area contributed by atoms with Gasteiger partial charge < -0.3 is 64.2 Å². The molecule has 0 bridgehead atoms. The molecule has 14 heteroatoms. The molecule has 2 fully saturated rings. The lowest BCUT2D eigenvalue weighted by Crippen LogP contribution is -2.61. The summed E-state index contributed by atoms with van der Waals surface area (Å²) in [6.07, 6.45) is 6.62. The minimum atomic E-state index is -1.70. The normalized spacial score (nSPS) is 31.1. The molecule has 0 saturated carbocycles. The fraction of sp³-hybridized carbons (Fsp3) is 0.861. The van der Waals surface area contributed by atoms with Crippen molar-refractivity contribution in [3.05, 3.63) is 24.3 Å². The molecule has 0 aromatic heterocycles. The molecular weight excluding hydrogens is 656 g/mol. The highest BCUT2D eigenvalue weighted by Crippen LogP contribution is 2.26. The molecule has 2 aliphatic rings. The van der Waals surface area contributed by atoms with Crippen LogP contribution in [0.1, 0.15) is 97.3 Å². The SMILES string of the molecule is CCCCC/C=C\C/C=C\CCCCCCCCOCC(COC1OC(COC2OC(CO)C(O)C(O)C2O)C(O)C(O)C1O)OC(=O)CC. The predicted molar refractivity (Wildman–Crippen MR) is 183 cm³/mol. The average Bonchev–Trinajstić information content (AvgIpc) is 3.12. The van der Waals surface area contributed by atoms with Crippen molar-refractivity contribution in [1.82, 2.24) is 0 Å². The van der Waals surface area contributed by atoms with E-state index >= 15 is 0 Å². The van der Waals surface area contributed by atoms with Gasteiger partial charge in [-0.1, -0.05) is 76.7 Å². The molecule has 0 aromatic rings. The molecule has 0 aromatic carbocycles. The van der Waals surface area contributed by atoms with E-state index in [2.05, 4.69) is 31.2 Å². The quantitative estimate of drug-likeness (QED) is 0.0386. The highest BCUT2D eigenvalue weighted by atomic mass is 16.7. The van der Waals surface area contributed by atoms with Crippen LogP contribution in [0.15, 0.2) is 24.3 Å². The smallest absolute Gasteiger partial charge is 0.305 e. The van der Waals surface area contributed by atoms with Crippen LogP contribution in [0.5, 0.6) is 0 Å². The van der Waals surface area contributed by atoms with Gasteiger partial charge in [0.1, 0.15) is 54.9 Å². The van der Waals surface area contributed by atoms with Crippen LogP contribution in [0, 0.1) is 0 Å². The summed E-state index contributed by atoms with van der Waals surface area (Å²) in [6, 6.07) is 0. The summed E-state index contributed by atoms with van der Waals surface area (Å²) in [5.41, 5.74) is 0. The van der Waals surface area contributed by atoms with Gasteiger partial charge in [0.15, 0.2) is 12.6 Å². The summed E-state index contributed by atoms with van der Waals surface area (Å²) < 4.78 is 33.2. The number of ether oxygens (including phenoxy) is 6. The van der Waals surface area contributed by atoms with E-state index in [9.17, 15) is 40.5 Å². The molecule has 2 saturated heterocycles. The standard InChI is InChI=1S/C36H64O14/c1-3-5-6-7-8-9-10-11-12-13-14-15-16-17-18-19-20-45-22-25(48-28(38)4-2)23-46-35-34(44)32(42)30(40)27(50-35)24-47-36-33(43)31(41)29(39)26(21-37)49-36/h8-9,11-12,25-27,29-37,39-44H,3-7,10,13-24H2,1-2H3/b9-8-,12-11-. The van der Waals surface area contributed by atoms with Crippen LogP contribution < -0.4 is 0 Å². The number of rotatable bonds is 26. The Labute approximate surface area is 297 Å². The molecule has 0 radical (unpaired) electrons. The Balaban J connectivity index is 1.69. The van der Waals surface area contributed by atoms with Gasteiger partial charge in [-0.05, 0) is 38.5 Å². The summed E-state index contributed by atoms with van der Waals surface area (Å²) in [5, 5.41) is 70.9. The monoisotopic (exact) mass is 720 g/mol. The zero-order chi connectivity index (χ0) is 36.7. The van der Waals surface area contributed by atoms with E-state index in [0.717, 1.165) is 38.5 Å². The number of carbonyl (C=O) groups excluding carboxylic acids is 1. The molecule has 14 nitrogen and oxygen atoms in total. The van der Waals surface area contributed by atoms with Gasteiger partial charge in [0, 0.05) is 13.0 Å². The molecule has 50 heavy (non-hydrogen) atoms. The topological polar surface area (TPSA) is 214 Å². The van der Waals surface area contributed by atoms with Crippen molar-refractivity contribution >= 4 is 5.97 Å². The molecule has 292 valence electrons. The molecule has 2 rings (SSSR count). The van der Waals surface area contributed by atoms with Crippen molar-refractivity contribution in [1.29, 1.82) is 0 Å². The van der Waals surface area contributed by atoms with Gasteiger partial charge in [-0.3, -0.25) is 4.79 Å². The third-order valence-electron chi connectivity index (χ3n) is 8.77. The maximum atomic E-state index is 12.0. The molecule has 11 atom stereocenters. The fourth-order valence-corrected chi connectivity index (χ4v) is 5.58. The van der Waals surface area contributed by atoms with Gasteiger partial charge in [0.2, 0.25) is 0 Å². The largest absolute Gasteiger partial charge is 0.457 e. The van der Waals surface area contributed by atoms with Crippen molar-refractivity contribution < 1.29 is 69.0 Å². The zero-order valence-electron chi connectivity index (χ0n) is 29.9. The Kier molecular flexibility index (Phi) is 23.4. The number of hydrogen-bond acceptors (Lipinski definition) is 14. The minimum absolute atomic E-state index is 0.0453. The molecule has 2 aliphatic heterocycles. The van der Waals surface area contributed by atoms with Crippen LogP contribution in [-0.2, 0) is 33.2 Å². The molecule has 2 heterocycles. The predicted octanol–water partition coefficient (Wildman–Crippen LogP) is 1.78. The molecule has 0 aliphatic carbocycles. The number of aliphatic hydroxyl groups is 7. The third kappa shape index (κ3) is 16.4.